The zero-order chi connectivity index (χ0) is 19.7. The van der Waals surface area contributed by atoms with Crippen LogP contribution in [0.2, 0.25) is 0 Å². The summed E-state index contributed by atoms with van der Waals surface area (Å²) in [5.74, 6) is 0.0189. The molecule has 1 aliphatic heterocycles. The van der Waals surface area contributed by atoms with E-state index in [2.05, 4.69) is 15.5 Å². The number of tetrazole rings is 1. The molecule has 2 atom stereocenters. The van der Waals surface area contributed by atoms with Crippen molar-refractivity contribution in [1.82, 2.24) is 24.5 Å². The van der Waals surface area contributed by atoms with Crippen LogP contribution in [-0.2, 0) is 10.0 Å². The van der Waals surface area contributed by atoms with Crippen LogP contribution in [0.3, 0.4) is 0 Å². The molecule has 0 spiro atoms. The molecule has 2 aliphatic rings. The monoisotopic (exact) mass is 409 g/mol. The Morgan fingerprint density at radius 2 is 1.79 bits per heavy atom. The molecule has 1 N–H and O–H groups in total. The minimum absolute atomic E-state index is 0.00376. The summed E-state index contributed by atoms with van der Waals surface area (Å²) in [7, 11) is -3.94. The zero-order valence-electron chi connectivity index (χ0n) is 15.5. The Morgan fingerprint density at radius 1 is 1.07 bits per heavy atom. The summed E-state index contributed by atoms with van der Waals surface area (Å²) in [5, 5.41) is 21.9. The molecular formula is C18H24FN5O3S. The lowest BCUT2D eigenvalue weighted by atomic mass is 9.95. The third-order valence-corrected chi connectivity index (χ3v) is 7.75. The second kappa shape index (κ2) is 7.84. The Hall–Kier alpha value is -1.91. The van der Waals surface area contributed by atoms with Crippen molar-refractivity contribution < 1.29 is 17.9 Å². The van der Waals surface area contributed by atoms with Gasteiger partial charge in [-0.1, -0.05) is 19.3 Å². The van der Waals surface area contributed by atoms with Crippen molar-refractivity contribution >= 4 is 10.0 Å². The number of sulfonamides is 1. The first-order chi connectivity index (χ1) is 13.5. The maximum atomic E-state index is 13.3. The van der Waals surface area contributed by atoms with Crippen LogP contribution >= 0.6 is 0 Å². The van der Waals surface area contributed by atoms with E-state index in [-0.39, 0.29) is 17.5 Å². The molecule has 1 saturated heterocycles. The van der Waals surface area contributed by atoms with Crippen LogP contribution in [0.25, 0.3) is 0 Å². The van der Waals surface area contributed by atoms with Gasteiger partial charge in [-0.25, -0.2) is 17.5 Å². The largest absolute Gasteiger partial charge is 0.395 e. The third kappa shape index (κ3) is 3.44. The van der Waals surface area contributed by atoms with Crippen molar-refractivity contribution in [2.45, 2.75) is 68.0 Å². The van der Waals surface area contributed by atoms with Gasteiger partial charge in [0.25, 0.3) is 0 Å². The Bertz CT molecular complexity index is 912. The predicted molar refractivity (Wildman–Crippen MR) is 98.2 cm³/mol. The van der Waals surface area contributed by atoms with E-state index in [1.807, 2.05) is 0 Å². The van der Waals surface area contributed by atoms with Gasteiger partial charge in [0, 0.05) is 6.04 Å². The smallest absolute Gasteiger partial charge is 0.244 e. The molecule has 1 aromatic heterocycles. The number of benzene rings is 1. The molecule has 2 fully saturated rings. The van der Waals surface area contributed by atoms with Crippen LogP contribution in [0.4, 0.5) is 4.39 Å². The van der Waals surface area contributed by atoms with E-state index in [1.54, 1.807) is 4.68 Å². The van der Waals surface area contributed by atoms with Gasteiger partial charge >= 0.3 is 0 Å². The predicted octanol–water partition coefficient (Wildman–Crippen LogP) is 2.20. The van der Waals surface area contributed by atoms with Gasteiger partial charge in [-0.15, -0.1) is 5.10 Å². The average Bonchev–Trinajstić information content (AvgIpc) is 3.35. The van der Waals surface area contributed by atoms with Crippen LogP contribution in [0.15, 0.2) is 29.2 Å². The molecule has 0 unspecified atom stereocenters. The molecule has 1 saturated carbocycles. The van der Waals surface area contributed by atoms with Crippen molar-refractivity contribution in [2.75, 3.05) is 6.61 Å². The van der Waals surface area contributed by atoms with Gasteiger partial charge in [0.05, 0.1) is 23.6 Å². The number of hydrogen-bond donors (Lipinski definition) is 1. The summed E-state index contributed by atoms with van der Waals surface area (Å²) in [6.07, 6.45) is 6.38. The van der Waals surface area contributed by atoms with Crippen LogP contribution < -0.4 is 0 Å². The lowest BCUT2D eigenvalue weighted by Gasteiger charge is -2.29. The number of aliphatic hydroxyl groups excluding tert-OH is 1. The van der Waals surface area contributed by atoms with Crippen LogP contribution in [0, 0.1) is 5.82 Å². The van der Waals surface area contributed by atoms with Gasteiger partial charge in [-0.2, -0.15) is 4.31 Å². The topological polar surface area (TPSA) is 101 Å². The lowest BCUT2D eigenvalue weighted by Crippen LogP contribution is -2.40. The zero-order valence-corrected chi connectivity index (χ0v) is 16.3. The van der Waals surface area contributed by atoms with Gasteiger partial charge in [-0.05, 0) is 60.4 Å². The van der Waals surface area contributed by atoms with Gasteiger partial charge in [0.15, 0.2) is 5.82 Å². The van der Waals surface area contributed by atoms with E-state index in [0.717, 1.165) is 37.8 Å². The molecule has 0 bridgehead atoms. The quantitative estimate of drug-likeness (QED) is 0.812. The number of aromatic nitrogens is 4. The first kappa shape index (κ1) is 19.4. The van der Waals surface area contributed by atoms with Crippen LogP contribution in [-0.4, -0.2) is 50.7 Å². The number of nitrogens with zero attached hydrogens (tertiary/aromatic N) is 5. The highest BCUT2D eigenvalue weighted by Crippen LogP contribution is 2.41. The van der Waals surface area contributed by atoms with Crippen molar-refractivity contribution in [1.29, 1.82) is 0 Å². The Kier molecular flexibility index (Phi) is 5.44. The highest BCUT2D eigenvalue weighted by molar-refractivity contribution is 7.89. The Balaban J connectivity index is 1.71. The molecule has 152 valence electrons. The second-order valence-electron chi connectivity index (χ2n) is 7.49. The summed E-state index contributed by atoms with van der Waals surface area (Å²) in [5.41, 5.74) is 0. The van der Waals surface area contributed by atoms with E-state index in [0.29, 0.717) is 18.7 Å². The van der Waals surface area contributed by atoms with Crippen molar-refractivity contribution in [2.24, 2.45) is 0 Å². The Labute approximate surface area is 163 Å². The molecule has 4 rings (SSSR count). The molecule has 0 radical (unpaired) electrons. The first-order valence-electron chi connectivity index (χ1n) is 9.70. The van der Waals surface area contributed by atoms with Gasteiger partial charge in [-0.3, -0.25) is 0 Å². The van der Waals surface area contributed by atoms with Crippen molar-refractivity contribution in [3.05, 3.63) is 35.9 Å². The minimum atomic E-state index is -3.94. The number of hydrogen-bond acceptors (Lipinski definition) is 6. The average molecular weight is 409 g/mol. The molecule has 2 aromatic rings. The van der Waals surface area contributed by atoms with Crippen LogP contribution in [0.1, 0.15) is 62.9 Å². The lowest BCUT2D eigenvalue weighted by molar-refractivity contribution is 0.191. The van der Waals surface area contributed by atoms with Crippen molar-refractivity contribution in [3.63, 3.8) is 0 Å². The summed E-state index contributed by atoms with van der Waals surface area (Å²) in [6.45, 7) is -0.290. The standard InChI is InChI=1S/C18H24FN5O3S/c19-13-6-9-16(10-7-13)28(26,27)24-15(12-25)8-11-17(24)18-20-21-22-23(18)14-4-2-1-3-5-14/h6-7,9-10,14-15,17,25H,1-5,8,11-12H2/t15-,17-/m0/s1. The molecule has 1 aliphatic carbocycles. The highest BCUT2D eigenvalue weighted by Gasteiger charge is 2.45. The number of aliphatic hydroxyl groups is 1. The molecule has 2 heterocycles. The van der Waals surface area contributed by atoms with Crippen LogP contribution in [0.5, 0.6) is 0 Å². The molecule has 10 heteroatoms. The summed E-state index contributed by atoms with van der Waals surface area (Å²) in [6, 6.07) is 3.80. The third-order valence-electron chi connectivity index (χ3n) is 5.78. The Morgan fingerprint density at radius 3 is 2.46 bits per heavy atom. The SMILES string of the molecule is O=S(=O)(c1ccc(F)cc1)N1[C@H](CO)CC[C@H]1c1nnnn1C1CCCCC1. The van der Waals surface area contributed by atoms with Gasteiger partial charge < -0.3 is 5.11 Å². The maximum absolute atomic E-state index is 13.3. The second-order valence-corrected chi connectivity index (χ2v) is 9.34. The molecule has 28 heavy (non-hydrogen) atoms. The van der Waals surface area contributed by atoms with E-state index in [4.69, 9.17) is 0 Å². The summed E-state index contributed by atoms with van der Waals surface area (Å²) < 4.78 is 43.0. The number of halogens is 1. The first-order valence-corrected chi connectivity index (χ1v) is 11.1. The fourth-order valence-electron chi connectivity index (χ4n) is 4.37. The van der Waals surface area contributed by atoms with E-state index >= 15 is 0 Å². The normalized spacial score (nSPS) is 24.6. The van der Waals surface area contributed by atoms with E-state index in [1.165, 1.54) is 22.9 Å². The minimum Gasteiger partial charge on any atom is -0.395 e. The molecule has 8 nitrogen and oxygen atoms in total. The fraction of sp³-hybridized carbons (Fsp3) is 0.611. The van der Waals surface area contributed by atoms with E-state index < -0.39 is 27.9 Å². The van der Waals surface area contributed by atoms with Crippen molar-refractivity contribution in [3.8, 4) is 0 Å². The van der Waals surface area contributed by atoms with Gasteiger partial charge in [0.1, 0.15) is 5.82 Å². The fourth-order valence-corrected chi connectivity index (χ4v) is 6.19. The molecule has 0 amide bonds. The number of rotatable bonds is 5. The summed E-state index contributed by atoms with van der Waals surface area (Å²) in [4.78, 5) is -0.00376. The molecular weight excluding hydrogens is 385 g/mol. The molecule has 1 aromatic carbocycles. The van der Waals surface area contributed by atoms with Gasteiger partial charge in [0.2, 0.25) is 10.0 Å². The van der Waals surface area contributed by atoms with E-state index in [9.17, 15) is 17.9 Å². The highest BCUT2D eigenvalue weighted by atomic mass is 32.2. The maximum Gasteiger partial charge on any atom is 0.244 e. The summed E-state index contributed by atoms with van der Waals surface area (Å²) >= 11 is 0.